The number of rotatable bonds is 9. The fourth-order valence-corrected chi connectivity index (χ4v) is 5.97. The van der Waals surface area contributed by atoms with Gasteiger partial charge in [-0.05, 0) is 57.9 Å². The second kappa shape index (κ2) is 11.3. The Morgan fingerprint density at radius 3 is 2.12 bits per heavy atom. The summed E-state index contributed by atoms with van der Waals surface area (Å²) in [6.07, 6.45) is 5.13. The zero-order valence-electron chi connectivity index (χ0n) is 22.6. The summed E-state index contributed by atoms with van der Waals surface area (Å²) < 4.78 is 12.1. The molecule has 0 bridgehead atoms. The monoisotopic (exact) mass is 545 g/mol. The van der Waals surface area contributed by atoms with Crippen molar-refractivity contribution in [2.45, 2.75) is 31.1 Å². The average molecular weight is 546 g/mol. The van der Waals surface area contributed by atoms with Crippen molar-refractivity contribution in [3.05, 3.63) is 118 Å². The molecule has 2 aliphatic rings. The van der Waals surface area contributed by atoms with Crippen LogP contribution in [0, 0.1) is 0 Å². The maximum atomic E-state index is 14.0. The molecule has 1 unspecified atom stereocenters. The number of nitrogen functional groups attached to an aromatic ring is 1. The van der Waals surface area contributed by atoms with Crippen molar-refractivity contribution in [2.75, 3.05) is 18.9 Å². The average Bonchev–Trinajstić information content (AvgIpc) is 3.19. The van der Waals surface area contributed by atoms with Crippen LogP contribution in [0.1, 0.15) is 64.5 Å². The lowest BCUT2D eigenvalue weighted by Gasteiger charge is -2.22. The topological polar surface area (TPSA) is 98.9 Å². The number of unbranched alkanes of at least 4 members (excludes halogenated alkanes) is 1. The molecule has 1 atom stereocenters. The number of ether oxygens (including phenoxy) is 2. The number of benzene rings is 4. The molecule has 0 aliphatic heterocycles. The Labute approximate surface area is 239 Å². The number of carbonyl (C=O) groups is 2. The third-order valence-corrected chi connectivity index (χ3v) is 7.96. The zero-order chi connectivity index (χ0) is 28.3. The summed E-state index contributed by atoms with van der Waals surface area (Å²) in [6, 6.07) is 28.1. The molecule has 0 fully saturated rings. The van der Waals surface area contributed by atoms with Crippen LogP contribution in [0.25, 0.3) is 23.3 Å². The summed E-state index contributed by atoms with van der Waals surface area (Å²) in [5.74, 6) is -1.33. The standard InChI is InChI=1S/C35H31NO5/c36-34-29-17-16-22-9-1-2-10-23(22)33(28(29)18-19-31(34)40-20-8-7-15-32(37)38)35(39)41-21-30-26-13-5-3-11-24(26)25-12-4-6-14-27(25)30/h1-6,9-14,16-19,30,33H,7-8,15,20-21,36H2,(H,37,38). The summed E-state index contributed by atoms with van der Waals surface area (Å²) in [7, 11) is 0. The highest BCUT2D eigenvalue weighted by Crippen LogP contribution is 2.45. The second-order valence-electron chi connectivity index (χ2n) is 10.4. The van der Waals surface area contributed by atoms with Crippen LogP contribution < -0.4 is 10.5 Å². The molecule has 0 heterocycles. The third kappa shape index (κ3) is 5.09. The summed E-state index contributed by atoms with van der Waals surface area (Å²) in [5.41, 5.74) is 15.0. The third-order valence-electron chi connectivity index (χ3n) is 7.96. The van der Waals surface area contributed by atoms with Gasteiger partial charge in [0, 0.05) is 17.9 Å². The highest BCUT2D eigenvalue weighted by Gasteiger charge is 2.34. The van der Waals surface area contributed by atoms with Gasteiger partial charge in [0.2, 0.25) is 0 Å². The normalized spacial score (nSPS) is 14.8. The number of nitrogens with two attached hydrogens (primary N) is 1. The van der Waals surface area contributed by atoms with Crippen LogP contribution in [0.4, 0.5) is 5.69 Å². The van der Waals surface area contributed by atoms with E-state index in [9.17, 15) is 9.59 Å². The highest BCUT2D eigenvalue weighted by molar-refractivity contribution is 5.92. The van der Waals surface area contributed by atoms with E-state index in [4.69, 9.17) is 20.3 Å². The number of anilines is 1. The van der Waals surface area contributed by atoms with Crippen LogP contribution in [0.15, 0.2) is 84.9 Å². The number of hydrogen-bond acceptors (Lipinski definition) is 5. The molecule has 206 valence electrons. The van der Waals surface area contributed by atoms with E-state index in [1.807, 2.05) is 66.7 Å². The molecule has 6 nitrogen and oxygen atoms in total. The van der Waals surface area contributed by atoms with Crippen LogP contribution in [0.3, 0.4) is 0 Å². The van der Waals surface area contributed by atoms with E-state index in [1.54, 1.807) is 6.07 Å². The maximum Gasteiger partial charge on any atom is 0.318 e. The van der Waals surface area contributed by atoms with Gasteiger partial charge in [0.1, 0.15) is 18.3 Å². The number of fused-ring (bicyclic) bond motifs is 5. The van der Waals surface area contributed by atoms with Crippen LogP contribution in [0.5, 0.6) is 5.75 Å². The second-order valence-corrected chi connectivity index (χ2v) is 10.4. The first-order valence-electron chi connectivity index (χ1n) is 13.9. The first kappa shape index (κ1) is 26.4. The Morgan fingerprint density at radius 1 is 0.756 bits per heavy atom. The van der Waals surface area contributed by atoms with E-state index in [2.05, 4.69) is 24.3 Å². The minimum absolute atomic E-state index is 0.0352. The van der Waals surface area contributed by atoms with Crippen molar-refractivity contribution in [3.8, 4) is 16.9 Å². The Kier molecular flexibility index (Phi) is 7.30. The quantitative estimate of drug-likeness (QED) is 0.135. The summed E-state index contributed by atoms with van der Waals surface area (Å²) in [4.78, 5) is 24.8. The van der Waals surface area contributed by atoms with Gasteiger partial charge in [0.05, 0.1) is 12.3 Å². The molecule has 0 radical (unpaired) electrons. The van der Waals surface area contributed by atoms with Crippen molar-refractivity contribution in [3.63, 3.8) is 0 Å². The van der Waals surface area contributed by atoms with E-state index >= 15 is 0 Å². The molecule has 0 spiro atoms. The maximum absolute atomic E-state index is 14.0. The Morgan fingerprint density at radius 2 is 1.41 bits per heavy atom. The largest absolute Gasteiger partial charge is 0.491 e. The van der Waals surface area contributed by atoms with Gasteiger partial charge < -0.3 is 20.3 Å². The molecular weight excluding hydrogens is 514 g/mol. The fraction of sp³-hybridized carbons (Fsp3) is 0.200. The molecule has 6 rings (SSSR count). The van der Waals surface area contributed by atoms with Gasteiger partial charge in [0.15, 0.2) is 0 Å². The van der Waals surface area contributed by atoms with E-state index < -0.39 is 11.9 Å². The lowest BCUT2D eigenvalue weighted by atomic mass is 9.87. The number of carboxylic acid groups (broad SMARTS) is 1. The lowest BCUT2D eigenvalue weighted by molar-refractivity contribution is -0.144. The van der Waals surface area contributed by atoms with Crippen molar-refractivity contribution < 1.29 is 24.2 Å². The van der Waals surface area contributed by atoms with E-state index in [1.165, 1.54) is 22.3 Å². The zero-order valence-corrected chi connectivity index (χ0v) is 22.6. The van der Waals surface area contributed by atoms with Crippen molar-refractivity contribution in [1.82, 2.24) is 0 Å². The molecule has 0 saturated carbocycles. The first-order chi connectivity index (χ1) is 20.0. The van der Waals surface area contributed by atoms with Crippen LogP contribution in [0.2, 0.25) is 0 Å². The van der Waals surface area contributed by atoms with Crippen molar-refractivity contribution in [2.24, 2.45) is 0 Å². The minimum atomic E-state index is -0.821. The molecule has 0 amide bonds. The Balaban J connectivity index is 1.28. The number of carbonyl (C=O) groups excluding carboxylic acids is 1. The Hall–Kier alpha value is -4.84. The fourth-order valence-electron chi connectivity index (χ4n) is 5.97. The number of aliphatic carboxylic acids is 1. The number of esters is 1. The Bertz CT molecular complexity index is 1610. The van der Waals surface area contributed by atoms with Crippen LogP contribution in [-0.2, 0) is 14.3 Å². The molecule has 0 saturated heterocycles. The van der Waals surface area contributed by atoms with Gasteiger partial charge in [-0.2, -0.15) is 0 Å². The molecule has 4 aromatic rings. The van der Waals surface area contributed by atoms with Gasteiger partial charge >= 0.3 is 11.9 Å². The number of hydrogen-bond donors (Lipinski definition) is 2. The molecule has 2 aliphatic carbocycles. The minimum Gasteiger partial charge on any atom is -0.491 e. The van der Waals surface area contributed by atoms with E-state index in [0.29, 0.717) is 30.9 Å². The molecule has 6 heteroatoms. The first-order valence-corrected chi connectivity index (χ1v) is 13.9. The molecule has 0 aromatic heterocycles. The van der Waals surface area contributed by atoms with Gasteiger partial charge in [-0.1, -0.05) is 91.0 Å². The van der Waals surface area contributed by atoms with Crippen LogP contribution >= 0.6 is 0 Å². The van der Waals surface area contributed by atoms with Gasteiger partial charge in [-0.3, -0.25) is 9.59 Å². The summed E-state index contributed by atoms with van der Waals surface area (Å²) in [6.45, 7) is 0.595. The lowest BCUT2D eigenvalue weighted by Crippen LogP contribution is -2.21. The van der Waals surface area contributed by atoms with Gasteiger partial charge in [-0.15, -0.1) is 0 Å². The highest BCUT2D eigenvalue weighted by atomic mass is 16.5. The van der Waals surface area contributed by atoms with Crippen LogP contribution in [-0.4, -0.2) is 30.3 Å². The van der Waals surface area contributed by atoms with Crippen molar-refractivity contribution in [1.29, 1.82) is 0 Å². The van der Waals surface area contributed by atoms with Gasteiger partial charge in [0.25, 0.3) is 0 Å². The summed E-state index contributed by atoms with van der Waals surface area (Å²) in [5, 5.41) is 8.86. The summed E-state index contributed by atoms with van der Waals surface area (Å²) >= 11 is 0. The van der Waals surface area contributed by atoms with E-state index in [0.717, 1.165) is 22.3 Å². The SMILES string of the molecule is Nc1c(OCCCCC(=O)O)ccc2c1C=Cc1ccccc1C2C(=O)OCC1c2ccccc2-c2ccccc21. The van der Waals surface area contributed by atoms with E-state index in [-0.39, 0.29) is 24.9 Å². The predicted molar refractivity (Wildman–Crippen MR) is 160 cm³/mol. The predicted octanol–water partition coefficient (Wildman–Crippen LogP) is 6.87. The molecular formula is C35H31NO5. The van der Waals surface area contributed by atoms with Gasteiger partial charge in [-0.25, -0.2) is 0 Å². The van der Waals surface area contributed by atoms with Crippen molar-refractivity contribution >= 4 is 29.8 Å². The molecule has 3 N–H and O–H groups in total. The smallest absolute Gasteiger partial charge is 0.318 e. The molecule has 41 heavy (non-hydrogen) atoms. The molecule has 4 aromatic carbocycles. The number of carboxylic acids is 1.